The highest BCUT2D eigenvalue weighted by Crippen LogP contribution is 2.41. The van der Waals surface area contributed by atoms with Gasteiger partial charge in [-0.3, -0.25) is 0 Å². The average Bonchev–Trinajstić information content (AvgIpc) is 2.81. The molecule has 24 heavy (non-hydrogen) atoms. The predicted molar refractivity (Wildman–Crippen MR) is 102 cm³/mol. The van der Waals surface area contributed by atoms with E-state index in [4.69, 9.17) is 9.47 Å². The van der Waals surface area contributed by atoms with Gasteiger partial charge in [0.05, 0.1) is 36.8 Å². The first-order valence-corrected chi connectivity index (χ1v) is 9.27. The lowest BCUT2D eigenvalue weighted by Crippen LogP contribution is -2.49. The highest BCUT2D eigenvalue weighted by Gasteiger charge is 2.36. The van der Waals surface area contributed by atoms with Crippen LogP contribution >= 0.6 is 0 Å². The molecule has 0 aliphatic carbocycles. The Labute approximate surface area is 147 Å². The number of nitrogens with zero attached hydrogens (tertiary/aromatic N) is 2. The molecule has 1 aliphatic heterocycles. The molecule has 0 atom stereocenters. The molecule has 0 fully saturated rings. The van der Waals surface area contributed by atoms with Crippen LogP contribution in [0, 0.1) is 5.92 Å². The Morgan fingerprint density at radius 1 is 0.792 bits per heavy atom. The molecule has 0 spiro atoms. The normalized spacial score (nSPS) is 15.2. The quantitative estimate of drug-likeness (QED) is 0.677. The molecule has 1 heterocycles. The van der Waals surface area contributed by atoms with E-state index in [2.05, 4.69) is 75.6 Å². The van der Waals surface area contributed by atoms with Gasteiger partial charge in [-0.2, -0.15) is 0 Å². The Morgan fingerprint density at radius 2 is 1.21 bits per heavy atom. The third-order valence-electron chi connectivity index (χ3n) is 4.30. The zero-order valence-electron chi connectivity index (χ0n) is 16.2. The van der Waals surface area contributed by atoms with Crippen molar-refractivity contribution in [2.45, 2.75) is 59.9 Å². The minimum absolute atomic E-state index is 0.274. The van der Waals surface area contributed by atoms with Crippen LogP contribution in [0.4, 0.5) is 11.4 Å². The van der Waals surface area contributed by atoms with Crippen LogP contribution in [0.1, 0.15) is 41.5 Å². The van der Waals surface area contributed by atoms with E-state index < -0.39 is 0 Å². The second-order valence-corrected chi connectivity index (χ2v) is 7.37. The summed E-state index contributed by atoms with van der Waals surface area (Å²) in [5, 5.41) is 0. The maximum Gasteiger partial charge on any atom is 0.104 e. The Morgan fingerprint density at radius 3 is 1.54 bits per heavy atom. The topological polar surface area (TPSA) is 24.9 Å². The summed E-state index contributed by atoms with van der Waals surface area (Å²) in [7, 11) is 0. The van der Waals surface area contributed by atoms with Crippen LogP contribution in [0.3, 0.4) is 0 Å². The van der Waals surface area contributed by atoms with Crippen LogP contribution in [0.15, 0.2) is 24.3 Å². The van der Waals surface area contributed by atoms with Crippen LogP contribution in [0.2, 0.25) is 0 Å². The number of ether oxygens (including phenoxy) is 2. The molecule has 4 heteroatoms. The molecule has 1 aromatic rings. The molecule has 0 bridgehead atoms. The first-order chi connectivity index (χ1) is 11.4. The summed E-state index contributed by atoms with van der Waals surface area (Å²) >= 11 is 0. The third-order valence-corrected chi connectivity index (χ3v) is 4.30. The first kappa shape index (κ1) is 19.1. The van der Waals surface area contributed by atoms with Gasteiger partial charge in [-0.25, -0.2) is 0 Å². The molecule has 4 nitrogen and oxygen atoms in total. The standard InChI is InChI=1S/C20H34N2O2/c1-15(2)20-21(11-13-23-16(3)4)18-9-7-8-10-19(18)22(20)12-14-24-17(5)6/h7-10,15-17,20H,11-14H2,1-6H3. The maximum atomic E-state index is 5.81. The van der Waals surface area contributed by atoms with Crippen LogP contribution in [0.25, 0.3) is 0 Å². The number of fused-ring (bicyclic) bond motifs is 1. The lowest BCUT2D eigenvalue weighted by molar-refractivity contribution is 0.0798. The summed E-state index contributed by atoms with van der Waals surface area (Å²) in [5.74, 6) is 0.524. The number of rotatable bonds is 9. The van der Waals surface area contributed by atoms with E-state index >= 15 is 0 Å². The van der Waals surface area contributed by atoms with Gasteiger partial charge >= 0.3 is 0 Å². The molecule has 1 aromatic carbocycles. The van der Waals surface area contributed by atoms with Crippen molar-refractivity contribution in [3.8, 4) is 0 Å². The molecule has 0 radical (unpaired) electrons. The summed E-state index contributed by atoms with van der Waals surface area (Å²) in [6.07, 6.45) is 0.903. The van der Waals surface area contributed by atoms with Crippen molar-refractivity contribution < 1.29 is 9.47 Å². The van der Waals surface area contributed by atoms with Gasteiger partial charge in [-0.15, -0.1) is 0 Å². The molecule has 136 valence electrons. The van der Waals surface area contributed by atoms with Gasteiger partial charge in [0.25, 0.3) is 0 Å². The minimum atomic E-state index is 0.274. The Balaban J connectivity index is 2.16. The summed E-state index contributed by atoms with van der Waals surface area (Å²) in [4.78, 5) is 5.00. The van der Waals surface area contributed by atoms with Gasteiger partial charge in [0.2, 0.25) is 0 Å². The number of hydrogen-bond acceptors (Lipinski definition) is 4. The van der Waals surface area contributed by atoms with E-state index in [1.54, 1.807) is 0 Å². The van der Waals surface area contributed by atoms with Crippen molar-refractivity contribution in [1.29, 1.82) is 0 Å². The van der Waals surface area contributed by atoms with E-state index in [0.29, 0.717) is 12.1 Å². The van der Waals surface area contributed by atoms with Crippen molar-refractivity contribution in [1.82, 2.24) is 0 Å². The smallest absolute Gasteiger partial charge is 0.104 e. The highest BCUT2D eigenvalue weighted by molar-refractivity contribution is 5.77. The highest BCUT2D eigenvalue weighted by atomic mass is 16.5. The van der Waals surface area contributed by atoms with E-state index in [0.717, 1.165) is 26.3 Å². The fourth-order valence-electron chi connectivity index (χ4n) is 3.40. The number of anilines is 2. The summed E-state index contributed by atoms with van der Waals surface area (Å²) in [6, 6.07) is 8.70. The largest absolute Gasteiger partial charge is 0.377 e. The predicted octanol–water partition coefficient (Wildman–Crippen LogP) is 4.15. The summed E-state index contributed by atoms with van der Waals surface area (Å²) in [6.45, 7) is 16.3. The zero-order valence-corrected chi connectivity index (χ0v) is 16.2. The lowest BCUT2D eigenvalue weighted by Gasteiger charge is -2.36. The third kappa shape index (κ3) is 4.64. The van der Waals surface area contributed by atoms with Crippen LogP contribution < -0.4 is 9.80 Å². The molecular formula is C20H34N2O2. The van der Waals surface area contributed by atoms with E-state index in [9.17, 15) is 0 Å². The molecule has 2 rings (SSSR count). The summed E-state index contributed by atoms with van der Waals surface area (Å²) in [5.41, 5.74) is 2.63. The maximum absolute atomic E-state index is 5.81. The molecule has 0 aromatic heterocycles. The Hall–Kier alpha value is -1.26. The van der Waals surface area contributed by atoms with Gasteiger partial charge in [0.15, 0.2) is 0 Å². The number of hydrogen-bond donors (Lipinski definition) is 0. The SMILES string of the molecule is CC(C)OCCN1c2ccccc2N(CCOC(C)C)C1C(C)C. The van der Waals surface area contributed by atoms with Gasteiger partial charge in [0, 0.05) is 13.1 Å². The van der Waals surface area contributed by atoms with E-state index in [-0.39, 0.29) is 12.2 Å². The number of benzene rings is 1. The molecule has 0 N–H and O–H groups in total. The molecule has 0 saturated carbocycles. The van der Waals surface area contributed by atoms with Crippen molar-refractivity contribution >= 4 is 11.4 Å². The second kappa shape index (κ2) is 8.72. The molecule has 0 saturated heterocycles. The summed E-state index contributed by atoms with van der Waals surface area (Å²) < 4.78 is 11.6. The van der Waals surface area contributed by atoms with E-state index in [1.165, 1.54) is 11.4 Å². The molecule has 0 amide bonds. The van der Waals surface area contributed by atoms with Gasteiger partial charge < -0.3 is 19.3 Å². The van der Waals surface area contributed by atoms with E-state index in [1.807, 2.05) is 0 Å². The minimum Gasteiger partial charge on any atom is -0.377 e. The molecular weight excluding hydrogens is 300 g/mol. The van der Waals surface area contributed by atoms with Gasteiger partial charge in [0.1, 0.15) is 6.17 Å². The first-order valence-electron chi connectivity index (χ1n) is 9.27. The molecule has 0 unspecified atom stereocenters. The lowest BCUT2D eigenvalue weighted by atomic mass is 10.1. The van der Waals surface area contributed by atoms with Gasteiger partial charge in [-0.05, 0) is 45.7 Å². The van der Waals surface area contributed by atoms with Crippen molar-refractivity contribution in [3.63, 3.8) is 0 Å². The average molecular weight is 335 g/mol. The monoisotopic (exact) mass is 334 g/mol. The fraction of sp³-hybridized carbons (Fsp3) is 0.700. The van der Waals surface area contributed by atoms with Crippen LogP contribution in [0.5, 0.6) is 0 Å². The van der Waals surface area contributed by atoms with Crippen molar-refractivity contribution in [2.75, 3.05) is 36.1 Å². The Bertz CT molecular complexity index is 461. The fourth-order valence-corrected chi connectivity index (χ4v) is 3.40. The van der Waals surface area contributed by atoms with Gasteiger partial charge in [-0.1, -0.05) is 26.0 Å². The Kier molecular flexibility index (Phi) is 6.93. The molecule has 1 aliphatic rings. The van der Waals surface area contributed by atoms with Crippen molar-refractivity contribution in [3.05, 3.63) is 24.3 Å². The van der Waals surface area contributed by atoms with Crippen LogP contribution in [-0.4, -0.2) is 44.7 Å². The van der Waals surface area contributed by atoms with Crippen LogP contribution in [-0.2, 0) is 9.47 Å². The number of para-hydroxylation sites is 2. The van der Waals surface area contributed by atoms with Crippen molar-refractivity contribution in [2.24, 2.45) is 5.92 Å². The second-order valence-electron chi connectivity index (χ2n) is 7.37. The zero-order chi connectivity index (χ0) is 17.7.